The summed E-state index contributed by atoms with van der Waals surface area (Å²) in [6.45, 7) is 6.35. The maximum Gasteiger partial charge on any atom is 0.306 e. The van der Waals surface area contributed by atoms with Gasteiger partial charge in [-0.3, -0.25) is 14.4 Å². The Morgan fingerprint density at radius 1 is 0.338 bits per heavy atom. The van der Waals surface area contributed by atoms with E-state index in [0.29, 0.717) is 19.3 Å². The standard InChI is InChI=1S/C59H96O6/c1-4-7-10-13-16-19-22-25-27-29-31-34-37-40-43-46-49-52-58(61)64-55-56(54-63-57(60)51-48-45-42-39-36-33-24-21-18-15-12-9-6-3)65-59(62)53-50-47-44-41-38-35-32-30-28-26-23-20-17-14-11-8-5-2/h9,12,15-16,18-19,21,24-25,27,31,33-34,36,39-40,42-43,56H,4-8,10-11,13-14,17,20,22-23,26,28-30,32,35,37-38,41,44-55H2,1-3H3/b12-9-,18-15-,19-16-,24-21-,27-25-,34-31-,36-33-,42-39-,43-40-. The third kappa shape index (κ3) is 50.9. The number of carbonyl (C=O) groups excluding carboxylic acids is 3. The van der Waals surface area contributed by atoms with Gasteiger partial charge in [0.15, 0.2) is 6.10 Å². The highest BCUT2D eigenvalue weighted by molar-refractivity contribution is 5.71. The first-order chi connectivity index (χ1) is 32.0. The number of hydrogen-bond acceptors (Lipinski definition) is 6. The molecule has 0 rings (SSSR count). The van der Waals surface area contributed by atoms with Crippen molar-refractivity contribution in [2.45, 2.75) is 232 Å². The summed E-state index contributed by atoms with van der Waals surface area (Å²) in [7, 11) is 0. The van der Waals surface area contributed by atoms with E-state index in [4.69, 9.17) is 14.2 Å². The fourth-order valence-corrected chi connectivity index (χ4v) is 6.94. The molecule has 6 nitrogen and oxygen atoms in total. The minimum atomic E-state index is -0.828. The third-order valence-corrected chi connectivity index (χ3v) is 10.9. The van der Waals surface area contributed by atoms with Gasteiger partial charge < -0.3 is 14.2 Å². The number of allylic oxidation sites excluding steroid dienone is 18. The number of esters is 3. The average molecular weight is 901 g/mol. The molecule has 0 saturated carbocycles. The van der Waals surface area contributed by atoms with E-state index in [9.17, 15) is 14.4 Å². The number of carbonyl (C=O) groups is 3. The molecule has 0 heterocycles. The van der Waals surface area contributed by atoms with E-state index in [-0.39, 0.29) is 44.0 Å². The highest BCUT2D eigenvalue weighted by Gasteiger charge is 2.19. The molecule has 0 N–H and O–H groups in total. The Morgan fingerprint density at radius 2 is 0.677 bits per heavy atom. The Labute approximate surface area is 400 Å². The number of unbranched alkanes of at least 4 members (excludes halogenated alkanes) is 21. The molecule has 0 saturated heterocycles. The Kier molecular flexibility index (Phi) is 49.5. The first-order valence-electron chi connectivity index (χ1n) is 26.5. The van der Waals surface area contributed by atoms with Gasteiger partial charge in [-0.1, -0.05) is 246 Å². The predicted molar refractivity (Wildman–Crippen MR) is 279 cm³/mol. The molecule has 1 atom stereocenters. The maximum absolute atomic E-state index is 12.8. The van der Waals surface area contributed by atoms with Gasteiger partial charge in [-0.15, -0.1) is 0 Å². The average Bonchev–Trinajstić information content (AvgIpc) is 3.30. The largest absolute Gasteiger partial charge is 0.462 e. The molecule has 1 unspecified atom stereocenters. The number of ether oxygens (including phenoxy) is 3. The second-order valence-electron chi connectivity index (χ2n) is 17.2. The van der Waals surface area contributed by atoms with Gasteiger partial charge in [0.1, 0.15) is 13.2 Å². The second kappa shape index (κ2) is 52.7. The van der Waals surface area contributed by atoms with Crippen molar-refractivity contribution < 1.29 is 28.6 Å². The number of hydrogen-bond donors (Lipinski definition) is 0. The van der Waals surface area contributed by atoms with Crippen LogP contribution in [0.4, 0.5) is 0 Å². The summed E-state index contributed by atoms with van der Waals surface area (Å²) in [5.41, 5.74) is 0. The summed E-state index contributed by atoms with van der Waals surface area (Å²) in [5.74, 6) is -1.06. The van der Waals surface area contributed by atoms with Crippen LogP contribution in [-0.2, 0) is 28.6 Å². The van der Waals surface area contributed by atoms with Gasteiger partial charge in [-0.2, -0.15) is 0 Å². The fraction of sp³-hybridized carbons (Fsp3) is 0.644. The quantitative estimate of drug-likeness (QED) is 0.0199. The lowest BCUT2D eigenvalue weighted by atomic mass is 10.0. The summed E-state index contributed by atoms with van der Waals surface area (Å²) in [5, 5.41) is 0. The van der Waals surface area contributed by atoms with E-state index in [2.05, 4.69) is 75.5 Å². The van der Waals surface area contributed by atoms with Crippen LogP contribution in [0.3, 0.4) is 0 Å². The van der Waals surface area contributed by atoms with E-state index >= 15 is 0 Å². The summed E-state index contributed by atoms with van der Waals surface area (Å²) >= 11 is 0. The molecule has 0 aromatic carbocycles. The molecule has 0 radical (unpaired) electrons. The Balaban J connectivity index is 4.55. The molecule has 0 aromatic heterocycles. The van der Waals surface area contributed by atoms with Crippen molar-refractivity contribution in [2.75, 3.05) is 13.2 Å². The van der Waals surface area contributed by atoms with Crippen LogP contribution in [0, 0.1) is 0 Å². The van der Waals surface area contributed by atoms with E-state index < -0.39 is 6.10 Å². The minimum absolute atomic E-state index is 0.129. The topological polar surface area (TPSA) is 78.9 Å². The Bertz CT molecular complexity index is 1360. The van der Waals surface area contributed by atoms with Crippen LogP contribution in [0.5, 0.6) is 0 Å². The maximum atomic E-state index is 12.8. The summed E-state index contributed by atoms with van der Waals surface area (Å²) < 4.78 is 16.7. The first kappa shape index (κ1) is 61.1. The van der Waals surface area contributed by atoms with Crippen LogP contribution < -0.4 is 0 Å². The first-order valence-corrected chi connectivity index (χ1v) is 26.5. The van der Waals surface area contributed by atoms with E-state index in [1.54, 1.807) is 0 Å². The van der Waals surface area contributed by atoms with Gasteiger partial charge in [0.25, 0.3) is 0 Å². The van der Waals surface area contributed by atoms with Gasteiger partial charge in [0.2, 0.25) is 0 Å². The second-order valence-corrected chi connectivity index (χ2v) is 17.2. The van der Waals surface area contributed by atoms with Crippen molar-refractivity contribution in [3.05, 3.63) is 109 Å². The van der Waals surface area contributed by atoms with Crippen molar-refractivity contribution >= 4 is 17.9 Å². The zero-order valence-corrected chi connectivity index (χ0v) is 42.0. The summed E-state index contributed by atoms with van der Waals surface area (Å²) in [6, 6.07) is 0. The van der Waals surface area contributed by atoms with Crippen LogP contribution in [0.25, 0.3) is 0 Å². The van der Waals surface area contributed by atoms with E-state index in [0.717, 1.165) is 57.8 Å². The lowest BCUT2D eigenvalue weighted by molar-refractivity contribution is -0.167. The van der Waals surface area contributed by atoms with Gasteiger partial charge in [-0.25, -0.2) is 0 Å². The van der Waals surface area contributed by atoms with Crippen molar-refractivity contribution in [2.24, 2.45) is 0 Å². The molecule has 0 spiro atoms. The molecule has 0 aliphatic carbocycles. The SMILES string of the molecule is CC\C=C/C=C\C=C/C=C\C=C/CCCC(=O)OCC(COC(=O)CCC/C=C\C/C=C\C/C=C\C/C=C\CCCCC)OC(=O)CCCCCCCCCCCCCCCCCCC. The fourth-order valence-electron chi connectivity index (χ4n) is 6.94. The zero-order valence-electron chi connectivity index (χ0n) is 42.0. The molecule has 0 aliphatic heterocycles. The van der Waals surface area contributed by atoms with Crippen LogP contribution in [-0.4, -0.2) is 37.2 Å². The minimum Gasteiger partial charge on any atom is -0.462 e. The summed E-state index contributed by atoms with van der Waals surface area (Å²) in [4.78, 5) is 38.0. The van der Waals surface area contributed by atoms with Crippen molar-refractivity contribution in [1.82, 2.24) is 0 Å². The van der Waals surface area contributed by atoms with Crippen molar-refractivity contribution in [1.29, 1.82) is 0 Å². The van der Waals surface area contributed by atoms with E-state index in [1.807, 2.05) is 54.7 Å². The third-order valence-electron chi connectivity index (χ3n) is 10.9. The zero-order chi connectivity index (χ0) is 47.2. The summed E-state index contributed by atoms with van der Waals surface area (Å²) in [6.07, 6.45) is 70.9. The molecule has 0 fully saturated rings. The predicted octanol–water partition coefficient (Wildman–Crippen LogP) is 17.5. The Morgan fingerprint density at radius 3 is 1.12 bits per heavy atom. The molecule has 0 amide bonds. The molecule has 368 valence electrons. The van der Waals surface area contributed by atoms with Crippen molar-refractivity contribution in [3.8, 4) is 0 Å². The van der Waals surface area contributed by atoms with Gasteiger partial charge in [0, 0.05) is 19.3 Å². The van der Waals surface area contributed by atoms with Gasteiger partial charge >= 0.3 is 17.9 Å². The highest BCUT2D eigenvalue weighted by Crippen LogP contribution is 2.15. The number of rotatable bonds is 46. The van der Waals surface area contributed by atoms with Crippen LogP contribution in [0.1, 0.15) is 226 Å². The molecule has 0 bridgehead atoms. The van der Waals surface area contributed by atoms with Gasteiger partial charge in [-0.05, 0) is 70.6 Å². The molecule has 0 aliphatic rings. The van der Waals surface area contributed by atoms with E-state index in [1.165, 1.54) is 116 Å². The smallest absolute Gasteiger partial charge is 0.306 e. The normalized spacial score (nSPS) is 13.0. The van der Waals surface area contributed by atoms with Crippen LogP contribution in [0.15, 0.2) is 109 Å². The van der Waals surface area contributed by atoms with Gasteiger partial charge in [0.05, 0.1) is 0 Å². The molecule has 65 heavy (non-hydrogen) atoms. The highest BCUT2D eigenvalue weighted by atomic mass is 16.6. The lowest BCUT2D eigenvalue weighted by Gasteiger charge is -2.18. The molecular formula is C59H96O6. The van der Waals surface area contributed by atoms with Crippen LogP contribution >= 0.6 is 0 Å². The molecule has 6 heteroatoms. The molecule has 0 aromatic rings. The lowest BCUT2D eigenvalue weighted by Crippen LogP contribution is -2.30. The monoisotopic (exact) mass is 901 g/mol. The molecular weight excluding hydrogens is 805 g/mol. The van der Waals surface area contributed by atoms with Crippen LogP contribution in [0.2, 0.25) is 0 Å². The Hall–Kier alpha value is -3.93. The van der Waals surface area contributed by atoms with Crippen molar-refractivity contribution in [3.63, 3.8) is 0 Å².